The minimum Gasteiger partial charge on any atom is -0.392 e. The molecule has 0 radical (unpaired) electrons. The lowest BCUT2D eigenvalue weighted by atomic mass is 9.88. The molecular weight excluding hydrogens is 609 g/mol. The number of hydrogen-bond acceptors (Lipinski definition) is 6. The van der Waals surface area contributed by atoms with Crippen LogP contribution in [-0.2, 0) is 37.8 Å². The first-order valence-corrected chi connectivity index (χ1v) is 17.2. The molecule has 0 saturated carbocycles. The van der Waals surface area contributed by atoms with Crippen LogP contribution in [0.4, 0.5) is 21.5 Å². The van der Waals surface area contributed by atoms with Crippen LogP contribution in [0.3, 0.4) is 0 Å². The van der Waals surface area contributed by atoms with Crippen molar-refractivity contribution in [2.45, 2.75) is 63.6 Å². The van der Waals surface area contributed by atoms with E-state index in [9.17, 15) is 14.7 Å². The molecule has 10 heteroatoms. The molecule has 0 atom stereocenters. The second-order valence-electron chi connectivity index (χ2n) is 13.7. The van der Waals surface area contributed by atoms with Gasteiger partial charge in [0, 0.05) is 48.8 Å². The number of fused-ring (bicyclic) bond motifs is 3. The van der Waals surface area contributed by atoms with Gasteiger partial charge in [-0.3, -0.25) is 14.5 Å². The third kappa shape index (κ3) is 5.55. The lowest BCUT2D eigenvalue weighted by molar-refractivity contribution is -0.0712. The summed E-state index contributed by atoms with van der Waals surface area (Å²) in [5, 5.41) is 13.9. The van der Waals surface area contributed by atoms with Gasteiger partial charge >= 0.3 is 0 Å². The van der Waals surface area contributed by atoms with Crippen molar-refractivity contribution >= 4 is 23.0 Å². The number of hydrogen-bond donors (Lipinski definition) is 2. The van der Waals surface area contributed by atoms with Gasteiger partial charge in [0.1, 0.15) is 17.2 Å². The molecule has 1 aliphatic carbocycles. The number of aromatic nitrogens is 2. The van der Waals surface area contributed by atoms with Gasteiger partial charge in [0.05, 0.1) is 31.5 Å². The third-order valence-electron chi connectivity index (χ3n) is 10.9. The summed E-state index contributed by atoms with van der Waals surface area (Å²) < 4.78 is 24.3. The SMILES string of the molecule is Cn1cc(-c2cc(F)cc(N3CCn4c(cc5c4CCCC5)C3=O)c2CO)cc(Nc2ccc(C3CCN(C4COC4)CC3)cc2)c1=O. The summed E-state index contributed by atoms with van der Waals surface area (Å²) in [5.74, 6) is -0.198. The Morgan fingerprint density at radius 1 is 0.958 bits per heavy atom. The number of halogens is 1. The zero-order valence-corrected chi connectivity index (χ0v) is 27.4. The second kappa shape index (κ2) is 12.7. The maximum Gasteiger partial charge on any atom is 0.274 e. The summed E-state index contributed by atoms with van der Waals surface area (Å²) in [7, 11) is 1.66. The first kappa shape index (κ1) is 31.0. The van der Waals surface area contributed by atoms with Gasteiger partial charge in [-0.2, -0.15) is 0 Å². The van der Waals surface area contributed by atoms with Crippen molar-refractivity contribution in [1.29, 1.82) is 0 Å². The molecule has 3 aliphatic heterocycles. The number of likely N-dealkylation sites (tertiary alicyclic amines) is 1. The number of pyridine rings is 1. The van der Waals surface area contributed by atoms with Crippen molar-refractivity contribution < 1.29 is 19.0 Å². The molecule has 4 aliphatic rings. The summed E-state index contributed by atoms with van der Waals surface area (Å²) in [6, 6.07) is 15.2. The Morgan fingerprint density at radius 2 is 1.73 bits per heavy atom. The van der Waals surface area contributed by atoms with Crippen LogP contribution in [-0.4, -0.2) is 63.9 Å². The highest BCUT2D eigenvalue weighted by Crippen LogP contribution is 2.37. The highest BCUT2D eigenvalue weighted by Gasteiger charge is 2.33. The molecule has 0 unspecified atom stereocenters. The van der Waals surface area contributed by atoms with Gasteiger partial charge < -0.3 is 29.2 Å². The number of benzene rings is 2. The Labute approximate surface area is 279 Å². The van der Waals surface area contributed by atoms with E-state index in [-0.39, 0.29) is 11.5 Å². The van der Waals surface area contributed by atoms with Gasteiger partial charge in [0.15, 0.2) is 0 Å². The highest BCUT2D eigenvalue weighted by molar-refractivity contribution is 6.07. The van der Waals surface area contributed by atoms with E-state index < -0.39 is 12.4 Å². The van der Waals surface area contributed by atoms with E-state index in [2.05, 4.69) is 26.9 Å². The van der Waals surface area contributed by atoms with Gasteiger partial charge in [0.25, 0.3) is 11.5 Å². The van der Waals surface area contributed by atoms with Gasteiger partial charge in [0.2, 0.25) is 0 Å². The number of rotatable bonds is 7. The number of carbonyl (C=O) groups is 1. The predicted octanol–water partition coefficient (Wildman–Crippen LogP) is 5.35. The number of aliphatic hydroxyl groups excluding tert-OH is 1. The fourth-order valence-corrected chi connectivity index (χ4v) is 8.13. The Kier molecular flexibility index (Phi) is 8.18. The normalized spacial score (nSPS) is 18.8. The molecule has 2 saturated heterocycles. The van der Waals surface area contributed by atoms with Crippen LogP contribution in [0.25, 0.3) is 11.1 Å². The van der Waals surface area contributed by atoms with Crippen molar-refractivity contribution in [3.8, 4) is 11.1 Å². The Bertz CT molecular complexity index is 1920. The second-order valence-corrected chi connectivity index (χ2v) is 13.7. The van der Waals surface area contributed by atoms with Crippen LogP contribution in [0.5, 0.6) is 0 Å². The number of anilines is 3. The van der Waals surface area contributed by atoms with Crippen LogP contribution in [0.15, 0.2) is 59.5 Å². The lowest BCUT2D eigenvalue weighted by Gasteiger charge is -2.41. The van der Waals surface area contributed by atoms with Gasteiger partial charge in [-0.15, -0.1) is 0 Å². The Hall–Kier alpha value is -4.25. The number of aryl methyl sites for hydroxylation is 2. The van der Waals surface area contributed by atoms with E-state index in [1.807, 2.05) is 18.2 Å². The summed E-state index contributed by atoms with van der Waals surface area (Å²) >= 11 is 0. The maximum absolute atomic E-state index is 15.4. The van der Waals surface area contributed by atoms with Crippen molar-refractivity contribution in [2.75, 3.05) is 43.1 Å². The van der Waals surface area contributed by atoms with E-state index in [1.54, 1.807) is 24.2 Å². The standard InChI is InChI=1S/C38H42FN5O4/c1-41-20-27(16-33(37(41)46)40-29-8-6-24(7-9-29)25-10-12-42(13-11-25)30-22-48-23-30)31-18-28(39)19-35(32(31)21-45)44-15-14-43-34-5-3-2-4-26(34)17-36(43)38(44)47/h6-9,16-20,25,30,40,45H,2-5,10-15,21-23H2,1H3. The fraction of sp³-hybridized carbons (Fsp3) is 0.421. The molecule has 2 fully saturated rings. The van der Waals surface area contributed by atoms with E-state index in [1.165, 1.54) is 33.5 Å². The molecule has 2 aromatic heterocycles. The van der Waals surface area contributed by atoms with Crippen molar-refractivity contribution in [1.82, 2.24) is 14.0 Å². The molecule has 1 amide bonds. The Balaban J connectivity index is 1.06. The number of nitrogens with zero attached hydrogens (tertiary/aromatic N) is 4. The van der Waals surface area contributed by atoms with E-state index in [4.69, 9.17) is 4.74 Å². The molecule has 8 rings (SSSR count). The summed E-state index contributed by atoms with van der Waals surface area (Å²) in [6.07, 6.45) is 8.06. The molecule has 9 nitrogen and oxygen atoms in total. The highest BCUT2D eigenvalue weighted by atomic mass is 19.1. The van der Waals surface area contributed by atoms with Crippen molar-refractivity contribution in [2.24, 2.45) is 7.05 Å². The quantitative estimate of drug-likeness (QED) is 0.280. The molecule has 2 N–H and O–H groups in total. The summed E-state index contributed by atoms with van der Waals surface area (Å²) in [4.78, 5) is 31.2. The first-order chi connectivity index (χ1) is 23.4. The molecule has 250 valence electrons. The van der Waals surface area contributed by atoms with Crippen molar-refractivity contribution in [3.05, 3.63) is 99.0 Å². The summed E-state index contributed by atoms with van der Waals surface area (Å²) in [5.41, 5.74) is 7.09. The largest absolute Gasteiger partial charge is 0.392 e. The van der Waals surface area contributed by atoms with Crippen LogP contribution >= 0.6 is 0 Å². The number of ether oxygens (including phenoxy) is 1. The third-order valence-corrected chi connectivity index (χ3v) is 10.9. The molecule has 2 aromatic carbocycles. The number of amides is 1. The van der Waals surface area contributed by atoms with E-state index >= 15 is 4.39 Å². The number of aliphatic hydroxyl groups is 1. The molecule has 0 spiro atoms. The van der Waals surface area contributed by atoms with Gasteiger partial charge in [-0.25, -0.2) is 4.39 Å². The number of nitrogens with one attached hydrogen (secondary N) is 1. The fourth-order valence-electron chi connectivity index (χ4n) is 8.13. The lowest BCUT2D eigenvalue weighted by Crippen LogP contribution is -2.51. The zero-order chi connectivity index (χ0) is 32.9. The number of carbonyl (C=O) groups excluding carboxylic acids is 1. The van der Waals surface area contributed by atoms with Gasteiger partial charge in [-0.05, 0) is 111 Å². The summed E-state index contributed by atoms with van der Waals surface area (Å²) in [6.45, 7) is 4.47. The molecule has 48 heavy (non-hydrogen) atoms. The van der Waals surface area contributed by atoms with Crippen LogP contribution in [0, 0.1) is 5.82 Å². The Morgan fingerprint density at radius 3 is 2.46 bits per heavy atom. The van der Waals surface area contributed by atoms with E-state index in [0.29, 0.717) is 58.8 Å². The zero-order valence-electron chi connectivity index (χ0n) is 27.4. The monoisotopic (exact) mass is 651 g/mol. The predicted molar refractivity (Wildman–Crippen MR) is 184 cm³/mol. The molecule has 5 heterocycles. The average Bonchev–Trinajstić information content (AvgIpc) is 3.46. The maximum atomic E-state index is 15.4. The topological polar surface area (TPSA) is 92.0 Å². The molecule has 4 aromatic rings. The van der Waals surface area contributed by atoms with Gasteiger partial charge in [-0.1, -0.05) is 12.1 Å². The average molecular weight is 652 g/mol. The van der Waals surface area contributed by atoms with Crippen molar-refractivity contribution in [3.63, 3.8) is 0 Å². The van der Waals surface area contributed by atoms with Crippen LogP contribution < -0.4 is 15.8 Å². The number of piperidine rings is 1. The minimum atomic E-state index is -0.518. The smallest absolute Gasteiger partial charge is 0.274 e. The minimum absolute atomic E-state index is 0.188. The van der Waals surface area contributed by atoms with E-state index in [0.717, 1.165) is 70.5 Å². The molecule has 0 bridgehead atoms. The van der Waals surface area contributed by atoms with Crippen LogP contribution in [0.1, 0.15) is 64.5 Å². The van der Waals surface area contributed by atoms with Crippen LogP contribution in [0.2, 0.25) is 0 Å². The first-order valence-electron chi connectivity index (χ1n) is 17.2. The molecular formula is C38H42FN5O4.